The first-order valence-electron chi connectivity index (χ1n) is 4.89. The van der Waals surface area contributed by atoms with Gasteiger partial charge in [-0.25, -0.2) is 0 Å². The summed E-state index contributed by atoms with van der Waals surface area (Å²) < 4.78 is 0. The lowest BCUT2D eigenvalue weighted by Crippen LogP contribution is -2.46. The fourth-order valence-electron chi connectivity index (χ4n) is 1.69. The molecule has 0 heterocycles. The van der Waals surface area contributed by atoms with Crippen LogP contribution in [0.25, 0.3) is 0 Å². The molecule has 0 rings (SSSR count). The Morgan fingerprint density at radius 3 is 2.00 bits per heavy atom. The maximum atomic E-state index is 10.9. The van der Waals surface area contributed by atoms with E-state index < -0.39 is 0 Å². The highest BCUT2D eigenvalue weighted by Crippen LogP contribution is 2.21. The Bertz CT molecular complexity index is 139. The quantitative estimate of drug-likeness (QED) is 0.676. The van der Waals surface area contributed by atoms with Crippen molar-refractivity contribution in [2.75, 3.05) is 0 Å². The molecule has 12 heavy (non-hydrogen) atoms. The Morgan fingerprint density at radius 1 is 1.25 bits per heavy atom. The molecule has 1 amide bonds. The van der Waals surface area contributed by atoms with E-state index in [-0.39, 0.29) is 11.4 Å². The SMILES string of the molecule is CCCC(CC)(CC)NC(C)=O. The molecule has 1 N–H and O–H groups in total. The van der Waals surface area contributed by atoms with Crippen LogP contribution in [0.2, 0.25) is 0 Å². The van der Waals surface area contributed by atoms with Crippen LogP contribution in [0.15, 0.2) is 0 Å². The van der Waals surface area contributed by atoms with Crippen molar-refractivity contribution < 1.29 is 4.79 Å². The number of amides is 1. The molecule has 0 atom stereocenters. The lowest BCUT2D eigenvalue weighted by Gasteiger charge is -2.32. The molecule has 0 spiro atoms. The minimum Gasteiger partial charge on any atom is -0.351 e. The van der Waals surface area contributed by atoms with Gasteiger partial charge in [-0.2, -0.15) is 0 Å². The lowest BCUT2D eigenvalue weighted by atomic mass is 9.88. The number of hydrogen-bond acceptors (Lipinski definition) is 1. The second-order valence-corrected chi connectivity index (χ2v) is 3.42. The van der Waals surface area contributed by atoms with Gasteiger partial charge < -0.3 is 5.32 Å². The van der Waals surface area contributed by atoms with Crippen LogP contribution < -0.4 is 5.32 Å². The maximum Gasteiger partial charge on any atom is 0.217 e. The molecule has 0 aromatic carbocycles. The van der Waals surface area contributed by atoms with Crippen LogP contribution in [0.4, 0.5) is 0 Å². The smallest absolute Gasteiger partial charge is 0.217 e. The largest absolute Gasteiger partial charge is 0.351 e. The lowest BCUT2D eigenvalue weighted by molar-refractivity contribution is -0.121. The average molecular weight is 171 g/mol. The molecule has 2 nitrogen and oxygen atoms in total. The van der Waals surface area contributed by atoms with Crippen molar-refractivity contribution in [2.45, 2.75) is 58.9 Å². The van der Waals surface area contributed by atoms with E-state index in [1.165, 1.54) is 0 Å². The maximum absolute atomic E-state index is 10.9. The van der Waals surface area contributed by atoms with Crippen LogP contribution in [0.5, 0.6) is 0 Å². The van der Waals surface area contributed by atoms with Gasteiger partial charge in [0.2, 0.25) is 5.91 Å². The topological polar surface area (TPSA) is 29.1 Å². The minimum atomic E-state index is 0.0561. The predicted molar refractivity (Wildman–Crippen MR) is 52.0 cm³/mol. The van der Waals surface area contributed by atoms with Crippen LogP contribution in [0.3, 0.4) is 0 Å². The van der Waals surface area contributed by atoms with Crippen LogP contribution in [0, 0.1) is 0 Å². The standard InChI is InChI=1S/C10H21NO/c1-5-8-10(6-2,7-3)11-9(4)12/h5-8H2,1-4H3,(H,11,12). The molecule has 0 aliphatic heterocycles. The van der Waals surface area contributed by atoms with Gasteiger partial charge in [-0.05, 0) is 19.3 Å². The summed E-state index contributed by atoms with van der Waals surface area (Å²) in [4.78, 5) is 10.9. The zero-order valence-corrected chi connectivity index (χ0v) is 8.74. The third-order valence-electron chi connectivity index (χ3n) is 2.52. The number of carbonyl (C=O) groups is 1. The highest BCUT2D eigenvalue weighted by molar-refractivity contribution is 5.73. The molecular formula is C10H21NO. The van der Waals surface area contributed by atoms with Crippen LogP contribution in [-0.2, 0) is 4.79 Å². The van der Waals surface area contributed by atoms with E-state index in [1.807, 2.05) is 0 Å². The predicted octanol–water partition coefficient (Wildman–Crippen LogP) is 2.48. The highest BCUT2D eigenvalue weighted by atomic mass is 16.1. The van der Waals surface area contributed by atoms with Gasteiger partial charge in [0, 0.05) is 12.5 Å². The van der Waals surface area contributed by atoms with E-state index in [9.17, 15) is 4.79 Å². The molecule has 0 saturated carbocycles. The fourth-order valence-corrected chi connectivity index (χ4v) is 1.69. The molecule has 0 aliphatic carbocycles. The van der Waals surface area contributed by atoms with Gasteiger partial charge in [0.25, 0.3) is 0 Å². The fraction of sp³-hybridized carbons (Fsp3) is 0.900. The summed E-state index contributed by atoms with van der Waals surface area (Å²) in [7, 11) is 0. The third kappa shape index (κ3) is 3.24. The zero-order valence-electron chi connectivity index (χ0n) is 8.74. The van der Waals surface area contributed by atoms with E-state index in [4.69, 9.17) is 0 Å². The Labute approximate surface area is 75.7 Å². The first-order chi connectivity index (χ1) is 5.60. The first-order valence-corrected chi connectivity index (χ1v) is 4.89. The van der Waals surface area contributed by atoms with Gasteiger partial charge in [-0.1, -0.05) is 27.2 Å². The Balaban J connectivity index is 4.23. The molecule has 0 aromatic rings. The van der Waals surface area contributed by atoms with Crippen molar-refractivity contribution >= 4 is 5.91 Å². The molecule has 0 radical (unpaired) electrons. The molecule has 0 aromatic heterocycles. The monoisotopic (exact) mass is 171 g/mol. The van der Waals surface area contributed by atoms with E-state index in [0.29, 0.717) is 0 Å². The van der Waals surface area contributed by atoms with E-state index >= 15 is 0 Å². The van der Waals surface area contributed by atoms with Crippen molar-refractivity contribution in [3.05, 3.63) is 0 Å². The first kappa shape index (κ1) is 11.5. The van der Waals surface area contributed by atoms with Crippen molar-refractivity contribution in [2.24, 2.45) is 0 Å². The van der Waals surface area contributed by atoms with E-state index in [0.717, 1.165) is 25.7 Å². The summed E-state index contributed by atoms with van der Waals surface area (Å²) in [6.07, 6.45) is 4.26. The molecule has 72 valence electrons. The summed E-state index contributed by atoms with van der Waals surface area (Å²) in [5.41, 5.74) is 0.0561. The average Bonchev–Trinajstić information content (AvgIpc) is 2.03. The van der Waals surface area contributed by atoms with E-state index in [1.54, 1.807) is 6.92 Å². The van der Waals surface area contributed by atoms with Gasteiger partial charge in [-0.3, -0.25) is 4.79 Å². The summed E-state index contributed by atoms with van der Waals surface area (Å²) in [6, 6.07) is 0. The Hall–Kier alpha value is -0.530. The Morgan fingerprint density at radius 2 is 1.75 bits per heavy atom. The number of rotatable bonds is 5. The van der Waals surface area contributed by atoms with Crippen molar-refractivity contribution in [3.63, 3.8) is 0 Å². The third-order valence-corrected chi connectivity index (χ3v) is 2.52. The summed E-state index contributed by atoms with van der Waals surface area (Å²) >= 11 is 0. The second kappa shape index (κ2) is 5.18. The van der Waals surface area contributed by atoms with Gasteiger partial charge in [0.15, 0.2) is 0 Å². The summed E-state index contributed by atoms with van der Waals surface area (Å²) in [5, 5.41) is 3.05. The van der Waals surface area contributed by atoms with Crippen LogP contribution in [-0.4, -0.2) is 11.4 Å². The molecule has 2 heteroatoms. The molecule has 0 saturated heterocycles. The van der Waals surface area contributed by atoms with Gasteiger partial charge in [-0.15, -0.1) is 0 Å². The zero-order chi connectivity index (χ0) is 9.61. The van der Waals surface area contributed by atoms with Gasteiger partial charge in [0.05, 0.1) is 0 Å². The van der Waals surface area contributed by atoms with Gasteiger partial charge in [0.1, 0.15) is 0 Å². The summed E-state index contributed by atoms with van der Waals surface area (Å²) in [6.45, 7) is 8.02. The van der Waals surface area contributed by atoms with Crippen molar-refractivity contribution in [3.8, 4) is 0 Å². The highest BCUT2D eigenvalue weighted by Gasteiger charge is 2.25. The molecular weight excluding hydrogens is 150 g/mol. The van der Waals surface area contributed by atoms with Crippen LogP contribution in [0.1, 0.15) is 53.4 Å². The molecule has 0 bridgehead atoms. The number of carbonyl (C=O) groups excluding carboxylic acids is 1. The van der Waals surface area contributed by atoms with Gasteiger partial charge >= 0.3 is 0 Å². The normalized spacial score (nSPS) is 11.3. The van der Waals surface area contributed by atoms with Crippen molar-refractivity contribution in [1.82, 2.24) is 5.32 Å². The van der Waals surface area contributed by atoms with E-state index in [2.05, 4.69) is 26.1 Å². The van der Waals surface area contributed by atoms with Crippen molar-refractivity contribution in [1.29, 1.82) is 0 Å². The van der Waals surface area contributed by atoms with Crippen LogP contribution >= 0.6 is 0 Å². The second-order valence-electron chi connectivity index (χ2n) is 3.42. The summed E-state index contributed by atoms with van der Waals surface area (Å²) in [5.74, 6) is 0.0900. The molecule has 0 fully saturated rings. The molecule has 0 aliphatic rings. The minimum absolute atomic E-state index is 0.0561. The molecule has 0 unspecified atom stereocenters. The Kier molecular flexibility index (Phi) is 4.95. The number of nitrogens with one attached hydrogen (secondary N) is 1. The number of hydrogen-bond donors (Lipinski definition) is 1.